The normalized spacial score (nSPS) is 11.2. The van der Waals surface area contributed by atoms with E-state index in [9.17, 15) is 0 Å². The lowest BCUT2D eigenvalue weighted by molar-refractivity contribution is 0.679. The molecule has 0 unspecified atom stereocenters. The van der Waals surface area contributed by atoms with E-state index in [4.69, 9.17) is 11.6 Å². The Bertz CT molecular complexity index is 504. The fourth-order valence-electron chi connectivity index (χ4n) is 2.09. The molecule has 0 saturated carbocycles. The molecule has 0 atom stereocenters. The molecular weight excluding hydrogens is 250 g/mol. The van der Waals surface area contributed by atoms with E-state index in [-0.39, 0.29) is 0 Å². The third-order valence-electron chi connectivity index (χ3n) is 2.92. The molecule has 0 fully saturated rings. The molecule has 1 nitrogen and oxygen atoms in total. The van der Waals surface area contributed by atoms with Crippen LogP contribution in [0.25, 0.3) is 10.1 Å². The van der Waals surface area contributed by atoms with Crippen molar-refractivity contribution in [2.45, 2.75) is 33.2 Å². The first-order chi connectivity index (χ1) is 8.27. The van der Waals surface area contributed by atoms with Crippen LogP contribution < -0.4 is 5.32 Å². The van der Waals surface area contributed by atoms with Crippen molar-refractivity contribution in [1.82, 2.24) is 5.32 Å². The van der Waals surface area contributed by atoms with Crippen molar-refractivity contribution in [3.8, 4) is 0 Å². The minimum absolute atomic E-state index is 0.879. The van der Waals surface area contributed by atoms with Crippen LogP contribution in [-0.2, 0) is 13.0 Å². The van der Waals surface area contributed by atoms with Crippen LogP contribution in [0.15, 0.2) is 18.2 Å². The summed E-state index contributed by atoms with van der Waals surface area (Å²) in [5.74, 6) is 0. The minimum atomic E-state index is 0.879. The van der Waals surface area contributed by atoms with Crippen LogP contribution >= 0.6 is 22.9 Å². The zero-order valence-electron chi connectivity index (χ0n) is 10.3. The highest BCUT2D eigenvalue weighted by atomic mass is 35.5. The molecule has 0 amide bonds. The lowest BCUT2D eigenvalue weighted by atomic mass is 10.1. The van der Waals surface area contributed by atoms with Gasteiger partial charge < -0.3 is 5.32 Å². The van der Waals surface area contributed by atoms with Crippen LogP contribution in [0.5, 0.6) is 0 Å². The predicted molar refractivity (Wildman–Crippen MR) is 78.2 cm³/mol. The van der Waals surface area contributed by atoms with Crippen molar-refractivity contribution < 1.29 is 0 Å². The molecule has 0 aliphatic heterocycles. The molecule has 2 rings (SSSR count). The van der Waals surface area contributed by atoms with Crippen molar-refractivity contribution in [3.05, 3.63) is 33.7 Å². The van der Waals surface area contributed by atoms with Crippen LogP contribution in [0, 0.1) is 0 Å². The maximum absolute atomic E-state index is 6.25. The average Bonchev–Trinajstić information content (AvgIpc) is 2.69. The Hall–Kier alpha value is -0.570. The second-order valence-corrected chi connectivity index (χ2v) is 5.66. The summed E-state index contributed by atoms with van der Waals surface area (Å²) in [5.41, 5.74) is 1.45. The van der Waals surface area contributed by atoms with E-state index in [1.807, 2.05) is 23.5 Å². The van der Waals surface area contributed by atoms with Crippen LogP contribution in [0.4, 0.5) is 0 Å². The van der Waals surface area contributed by atoms with Crippen molar-refractivity contribution in [2.75, 3.05) is 6.54 Å². The molecule has 1 aromatic carbocycles. The second kappa shape index (κ2) is 5.85. The molecule has 0 aliphatic rings. The largest absolute Gasteiger partial charge is 0.312 e. The summed E-state index contributed by atoms with van der Waals surface area (Å²) in [6.45, 7) is 6.44. The Morgan fingerprint density at radius 1 is 1.29 bits per heavy atom. The number of aryl methyl sites for hydroxylation is 1. The monoisotopic (exact) mass is 267 g/mol. The van der Waals surface area contributed by atoms with Gasteiger partial charge in [0.2, 0.25) is 0 Å². The number of benzene rings is 1. The van der Waals surface area contributed by atoms with Gasteiger partial charge in [0.05, 0.1) is 9.72 Å². The van der Waals surface area contributed by atoms with E-state index >= 15 is 0 Å². The third-order valence-corrected chi connectivity index (χ3v) is 4.63. The maximum atomic E-state index is 6.25. The number of thiophene rings is 1. The minimum Gasteiger partial charge on any atom is -0.312 e. The fourth-order valence-corrected chi connectivity index (χ4v) is 3.65. The summed E-state index contributed by atoms with van der Waals surface area (Å²) in [6, 6.07) is 6.20. The fraction of sp³-hybridized carbons (Fsp3) is 0.429. The number of halogens is 1. The second-order valence-electron chi connectivity index (χ2n) is 4.15. The first kappa shape index (κ1) is 12.9. The van der Waals surface area contributed by atoms with E-state index in [2.05, 4.69) is 25.2 Å². The molecule has 1 aromatic heterocycles. The SMILES string of the molecule is CCCNCc1sc2c(Cl)cccc2c1CC. The van der Waals surface area contributed by atoms with E-state index in [1.165, 1.54) is 26.9 Å². The van der Waals surface area contributed by atoms with E-state index in [0.29, 0.717) is 0 Å². The summed E-state index contributed by atoms with van der Waals surface area (Å²) in [4.78, 5) is 1.43. The number of fused-ring (bicyclic) bond motifs is 1. The Morgan fingerprint density at radius 2 is 2.12 bits per heavy atom. The van der Waals surface area contributed by atoms with Gasteiger partial charge in [-0.05, 0) is 36.4 Å². The van der Waals surface area contributed by atoms with E-state index in [0.717, 1.165) is 24.5 Å². The van der Waals surface area contributed by atoms with E-state index in [1.54, 1.807) is 0 Å². The summed E-state index contributed by atoms with van der Waals surface area (Å²) in [5, 5.41) is 5.68. The zero-order valence-corrected chi connectivity index (χ0v) is 11.9. The predicted octanol–water partition coefficient (Wildman–Crippen LogP) is 4.62. The number of rotatable bonds is 5. The van der Waals surface area contributed by atoms with Gasteiger partial charge in [0, 0.05) is 11.4 Å². The molecule has 92 valence electrons. The molecule has 0 spiro atoms. The average molecular weight is 268 g/mol. The molecule has 3 heteroatoms. The van der Waals surface area contributed by atoms with Gasteiger partial charge in [-0.15, -0.1) is 11.3 Å². The standard InChI is InChI=1S/C14H18ClNS/c1-3-8-16-9-13-10(4-2)11-6-5-7-12(15)14(11)17-13/h5-7,16H,3-4,8-9H2,1-2H3. The van der Waals surface area contributed by atoms with Crippen molar-refractivity contribution in [1.29, 1.82) is 0 Å². The van der Waals surface area contributed by atoms with Crippen molar-refractivity contribution >= 4 is 33.0 Å². The zero-order chi connectivity index (χ0) is 12.3. The van der Waals surface area contributed by atoms with Crippen molar-refractivity contribution in [2.24, 2.45) is 0 Å². The quantitative estimate of drug-likeness (QED) is 0.780. The molecule has 0 bridgehead atoms. The van der Waals surface area contributed by atoms with Gasteiger partial charge in [-0.2, -0.15) is 0 Å². The Kier molecular flexibility index (Phi) is 4.43. The van der Waals surface area contributed by atoms with Crippen LogP contribution in [0.1, 0.15) is 30.7 Å². The van der Waals surface area contributed by atoms with Gasteiger partial charge in [0.1, 0.15) is 0 Å². The maximum Gasteiger partial charge on any atom is 0.0584 e. The summed E-state index contributed by atoms with van der Waals surface area (Å²) in [6.07, 6.45) is 2.25. The van der Waals surface area contributed by atoms with Crippen LogP contribution in [-0.4, -0.2) is 6.54 Å². The summed E-state index contributed by atoms with van der Waals surface area (Å²) >= 11 is 8.08. The summed E-state index contributed by atoms with van der Waals surface area (Å²) < 4.78 is 1.24. The van der Waals surface area contributed by atoms with Gasteiger partial charge >= 0.3 is 0 Å². The molecule has 0 saturated heterocycles. The van der Waals surface area contributed by atoms with Gasteiger partial charge in [0.15, 0.2) is 0 Å². The topological polar surface area (TPSA) is 12.0 Å². The molecule has 2 aromatic rings. The molecule has 0 radical (unpaired) electrons. The molecule has 1 N–H and O–H groups in total. The highest BCUT2D eigenvalue weighted by molar-refractivity contribution is 7.20. The molecule has 17 heavy (non-hydrogen) atoms. The van der Waals surface area contributed by atoms with Gasteiger partial charge in [-0.1, -0.05) is 37.6 Å². The Morgan fingerprint density at radius 3 is 2.82 bits per heavy atom. The number of nitrogens with one attached hydrogen (secondary N) is 1. The van der Waals surface area contributed by atoms with Crippen LogP contribution in [0.3, 0.4) is 0 Å². The highest BCUT2D eigenvalue weighted by Crippen LogP contribution is 2.36. The Balaban J connectivity index is 2.38. The van der Waals surface area contributed by atoms with Gasteiger partial charge in [0.25, 0.3) is 0 Å². The number of hydrogen-bond acceptors (Lipinski definition) is 2. The van der Waals surface area contributed by atoms with Crippen LogP contribution in [0.2, 0.25) is 5.02 Å². The van der Waals surface area contributed by atoms with Gasteiger partial charge in [-0.3, -0.25) is 0 Å². The smallest absolute Gasteiger partial charge is 0.0584 e. The molecular formula is C14H18ClNS. The lowest BCUT2D eigenvalue weighted by Gasteiger charge is -2.03. The Labute approximate surface area is 112 Å². The van der Waals surface area contributed by atoms with E-state index < -0.39 is 0 Å². The summed E-state index contributed by atoms with van der Waals surface area (Å²) in [7, 11) is 0. The first-order valence-corrected chi connectivity index (χ1v) is 7.36. The third kappa shape index (κ3) is 2.65. The lowest BCUT2D eigenvalue weighted by Crippen LogP contribution is -2.13. The number of hydrogen-bond donors (Lipinski definition) is 1. The first-order valence-electron chi connectivity index (χ1n) is 6.17. The van der Waals surface area contributed by atoms with Gasteiger partial charge in [-0.25, -0.2) is 0 Å². The van der Waals surface area contributed by atoms with Crippen molar-refractivity contribution in [3.63, 3.8) is 0 Å². The molecule has 1 heterocycles. The highest BCUT2D eigenvalue weighted by Gasteiger charge is 2.11. The molecule has 0 aliphatic carbocycles.